The molecule has 4 heterocycles. The van der Waals surface area contributed by atoms with Gasteiger partial charge in [-0.25, -0.2) is 0 Å². The van der Waals surface area contributed by atoms with Gasteiger partial charge >= 0.3 is 0 Å². The molecule has 0 saturated carbocycles. The molecule has 0 aliphatic carbocycles. The van der Waals surface area contributed by atoms with Gasteiger partial charge in [0.25, 0.3) is 0 Å². The number of nitrogens with zero attached hydrogens (tertiary/aromatic N) is 2. The molecule has 3 aromatic heterocycles. The van der Waals surface area contributed by atoms with Crippen LogP contribution in [0.4, 0.5) is 0 Å². The predicted octanol–water partition coefficient (Wildman–Crippen LogP) is 10.3. The molecule has 1 radical (unpaired) electrons. The molecule has 0 bridgehead atoms. The molecule has 4 nitrogen and oxygen atoms in total. The SMILES string of the molecule is CC1(C)c2cccc3cc4c5cccnc5c5[c-]c6ccccc6c1c5n4c23.CCC(CC)C(=O)/C=C(\O)C(CC)CC.[Ir]. The van der Waals surface area contributed by atoms with Crippen LogP contribution in [0.1, 0.15) is 78.4 Å². The number of benzene rings is 3. The number of para-hydroxylation sites is 1. The molecule has 1 N–H and O–H groups in total. The summed E-state index contributed by atoms with van der Waals surface area (Å²) in [5.74, 6) is 0.547. The van der Waals surface area contributed by atoms with Crippen molar-refractivity contribution in [2.75, 3.05) is 0 Å². The number of aliphatic hydroxyl groups excluding tert-OH is 1. The van der Waals surface area contributed by atoms with E-state index >= 15 is 0 Å². The van der Waals surface area contributed by atoms with Gasteiger partial charge in [-0.3, -0.25) is 9.78 Å². The zero-order valence-corrected chi connectivity index (χ0v) is 28.9. The van der Waals surface area contributed by atoms with E-state index in [-0.39, 0.29) is 48.9 Å². The van der Waals surface area contributed by atoms with Crippen LogP contribution in [0.3, 0.4) is 0 Å². The largest absolute Gasteiger partial charge is 0.512 e. The molecule has 229 valence electrons. The monoisotopic (exact) mass is 762 g/mol. The fourth-order valence-corrected chi connectivity index (χ4v) is 7.20. The molecule has 0 spiro atoms. The van der Waals surface area contributed by atoms with Crippen molar-refractivity contribution < 1.29 is 30.0 Å². The van der Waals surface area contributed by atoms with E-state index in [0.29, 0.717) is 0 Å². The van der Waals surface area contributed by atoms with Gasteiger partial charge in [0, 0.05) is 66.0 Å². The van der Waals surface area contributed by atoms with Gasteiger partial charge in [0.05, 0.1) is 11.3 Å². The normalized spacial score (nSPS) is 13.9. The van der Waals surface area contributed by atoms with Gasteiger partial charge in [-0.2, -0.15) is 0 Å². The Bertz CT molecular complexity index is 2040. The average Bonchev–Trinajstić information content (AvgIpc) is 3.41. The Balaban J connectivity index is 0.000000209. The molecular weight excluding hydrogens is 721 g/mol. The van der Waals surface area contributed by atoms with Crippen molar-refractivity contribution in [2.24, 2.45) is 11.8 Å². The van der Waals surface area contributed by atoms with Gasteiger partial charge in [0.2, 0.25) is 0 Å². The first-order chi connectivity index (χ1) is 20.8. The Labute approximate surface area is 273 Å². The van der Waals surface area contributed by atoms with Crippen molar-refractivity contribution in [3.05, 3.63) is 95.9 Å². The third-order valence-electron chi connectivity index (χ3n) is 9.68. The van der Waals surface area contributed by atoms with Crippen molar-refractivity contribution in [3.8, 4) is 0 Å². The number of hydrogen-bond donors (Lipinski definition) is 1. The van der Waals surface area contributed by atoms with Crippen LogP contribution in [0.15, 0.2) is 78.7 Å². The van der Waals surface area contributed by atoms with Crippen LogP contribution < -0.4 is 0 Å². The van der Waals surface area contributed by atoms with Crippen molar-refractivity contribution in [3.63, 3.8) is 0 Å². The molecule has 1 aliphatic heterocycles. The number of rotatable bonds is 7. The zero-order valence-electron chi connectivity index (χ0n) is 26.5. The molecule has 6 aromatic rings. The number of aromatic nitrogens is 2. The van der Waals surface area contributed by atoms with Gasteiger partial charge in [-0.15, -0.1) is 17.5 Å². The summed E-state index contributed by atoms with van der Waals surface area (Å²) >= 11 is 0. The maximum atomic E-state index is 11.7. The summed E-state index contributed by atoms with van der Waals surface area (Å²) < 4.78 is 2.47. The summed E-state index contributed by atoms with van der Waals surface area (Å²) in [6, 6.07) is 25.6. The minimum Gasteiger partial charge on any atom is -0.512 e. The topological polar surface area (TPSA) is 54.6 Å². The molecule has 3 aromatic carbocycles. The molecular formula is C39H41IrN2O2-. The van der Waals surface area contributed by atoms with Gasteiger partial charge in [0.1, 0.15) is 0 Å². The minimum absolute atomic E-state index is 0. The number of pyridine rings is 2. The summed E-state index contributed by atoms with van der Waals surface area (Å²) in [5, 5.41) is 15.8. The molecule has 1 aliphatic rings. The number of fused-ring (bicyclic) bond motifs is 5. The second-order valence-electron chi connectivity index (χ2n) is 12.4. The molecule has 0 amide bonds. The molecule has 0 unspecified atom stereocenters. The Morgan fingerprint density at radius 2 is 1.59 bits per heavy atom. The van der Waals surface area contributed by atoms with E-state index < -0.39 is 0 Å². The number of hydrogen-bond acceptors (Lipinski definition) is 3. The standard InChI is InChI=1S/C26H17N2.C13H24O2.Ir/c1-26(2)20-11-5-8-16-14-21-18-10-6-12-27-23(18)19-13-15-7-3-4-9-17(15)22(26)25(19)28(21)24(16)20;1-5-10(6-2)12(14)9-13(15)11(7-3)8-4;/h3-12,14H,1-2H3;9-11,14H,5-8H2,1-4H3;/q-1;;/b;12-9-;. The van der Waals surface area contributed by atoms with Crippen LogP contribution in [-0.2, 0) is 30.3 Å². The quantitative estimate of drug-likeness (QED) is 0.0580. The Morgan fingerprint density at radius 1 is 0.909 bits per heavy atom. The van der Waals surface area contributed by atoms with Crippen LogP contribution in [0.5, 0.6) is 0 Å². The van der Waals surface area contributed by atoms with Gasteiger partial charge < -0.3 is 9.51 Å². The molecule has 0 saturated heterocycles. The Hall–Kier alpha value is -3.53. The molecule has 44 heavy (non-hydrogen) atoms. The summed E-state index contributed by atoms with van der Waals surface area (Å²) in [5.41, 5.74) is 7.53. The minimum atomic E-state index is -0.101. The van der Waals surface area contributed by atoms with Crippen LogP contribution >= 0.6 is 0 Å². The first kappa shape index (κ1) is 31.9. The summed E-state index contributed by atoms with van der Waals surface area (Å²) in [6.45, 7) is 12.8. The smallest absolute Gasteiger partial charge is 0.162 e. The molecule has 7 rings (SSSR count). The number of allylic oxidation sites excluding steroid dienone is 2. The maximum Gasteiger partial charge on any atom is 0.162 e. The van der Waals surface area contributed by atoms with E-state index in [1.807, 2.05) is 40.0 Å². The molecule has 0 fully saturated rings. The van der Waals surface area contributed by atoms with Crippen LogP contribution in [-0.4, -0.2) is 20.3 Å². The number of carbonyl (C=O) groups is 1. The van der Waals surface area contributed by atoms with E-state index in [1.54, 1.807) is 0 Å². The third kappa shape index (κ3) is 4.95. The summed E-state index contributed by atoms with van der Waals surface area (Å²) in [4.78, 5) is 16.5. The summed E-state index contributed by atoms with van der Waals surface area (Å²) in [6.07, 6.45) is 6.80. The van der Waals surface area contributed by atoms with Gasteiger partial charge in [-0.1, -0.05) is 100 Å². The number of aliphatic hydroxyl groups is 1. The van der Waals surface area contributed by atoms with E-state index in [2.05, 4.69) is 78.9 Å². The zero-order chi connectivity index (χ0) is 30.5. The number of ketones is 1. The molecule has 0 atom stereocenters. The van der Waals surface area contributed by atoms with Crippen LogP contribution in [0.2, 0.25) is 0 Å². The second-order valence-corrected chi connectivity index (χ2v) is 12.4. The Morgan fingerprint density at radius 3 is 2.30 bits per heavy atom. The third-order valence-corrected chi connectivity index (χ3v) is 9.68. The van der Waals surface area contributed by atoms with Gasteiger partial charge in [0.15, 0.2) is 5.78 Å². The number of carbonyl (C=O) groups excluding carboxylic acids is 1. The predicted molar refractivity (Wildman–Crippen MR) is 180 cm³/mol. The fourth-order valence-electron chi connectivity index (χ4n) is 7.20. The van der Waals surface area contributed by atoms with E-state index in [1.165, 1.54) is 49.9 Å². The summed E-state index contributed by atoms with van der Waals surface area (Å²) in [7, 11) is 0. The van der Waals surface area contributed by atoms with E-state index in [9.17, 15) is 9.90 Å². The fraction of sp³-hybridized carbons (Fsp3) is 0.333. The van der Waals surface area contributed by atoms with Crippen molar-refractivity contribution in [2.45, 2.75) is 72.6 Å². The van der Waals surface area contributed by atoms with Crippen molar-refractivity contribution in [1.29, 1.82) is 0 Å². The van der Waals surface area contributed by atoms with E-state index in [0.717, 1.165) is 42.0 Å². The van der Waals surface area contributed by atoms with Crippen LogP contribution in [0, 0.1) is 17.9 Å². The first-order valence-corrected chi connectivity index (χ1v) is 15.8. The van der Waals surface area contributed by atoms with E-state index in [4.69, 9.17) is 4.98 Å². The van der Waals surface area contributed by atoms with Crippen LogP contribution in [0.25, 0.3) is 49.0 Å². The van der Waals surface area contributed by atoms with Crippen molar-refractivity contribution in [1.82, 2.24) is 9.38 Å². The maximum absolute atomic E-state index is 11.7. The Kier molecular flexibility index (Phi) is 9.03. The van der Waals surface area contributed by atoms with Gasteiger partial charge in [-0.05, 0) is 54.3 Å². The average molecular weight is 762 g/mol. The molecule has 5 heteroatoms. The van der Waals surface area contributed by atoms with Crippen molar-refractivity contribution >= 4 is 54.8 Å². The first-order valence-electron chi connectivity index (χ1n) is 15.8. The second kappa shape index (κ2) is 12.5.